The van der Waals surface area contributed by atoms with Crippen molar-refractivity contribution < 1.29 is 47.6 Å². The molecule has 0 aliphatic heterocycles. The molecule has 0 aromatic carbocycles. The Kier molecular flexibility index (Phi) is 26.0. The summed E-state index contributed by atoms with van der Waals surface area (Å²) in [6, 6.07) is 0. The van der Waals surface area contributed by atoms with Gasteiger partial charge in [0.15, 0.2) is 0 Å². The number of unbranched alkanes of at least 4 members (excludes halogenated alkanes) is 16. The molecule has 1 N–H and O–H groups in total. The Morgan fingerprint density at radius 1 is 0.621 bits per heavy atom. The van der Waals surface area contributed by atoms with Crippen molar-refractivity contribution in [3.63, 3.8) is 0 Å². The van der Waals surface area contributed by atoms with Crippen LogP contribution in [0.3, 0.4) is 0 Å². The van der Waals surface area contributed by atoms with Crippen LogP contribution >= 0.6 is 0 Å². The van der Waals surface area contributed by atoms with E-state index in [1.54, 1.807) is 0 Å². The van der Waals surface area contributed by atoms with Gasteiger partial charge in [-0.05, 0) is 19.3 Å². The van der Waals surface area contributed by atoms with Crippen LogP contribution in [-0.2, 0) is 10.1 Å². The third-order valence-electron chi connectivity index (χ3n) is 5.57. The molecule has 0 amide bonds. The van der Waals surface area contributed by atoms with E-state index in [0.29, 0.717) is 6.42 Å². The van der Waals surface area contributed by atoms with Crippen molar-refractivity contribution in [1.29, 1.82) is 0 Å². The van der Waals surface area contributed by atoms with E-state index >= 15 is 0 Å². The van der Waals surface area contributed by atoms with Crippen molar-refractivity contribution in [2.45, 2.75) is 141 Å². The predicted octanol–water partition coefficient (Wildman–Crippen LogP) is 3.72. The van der Waals surface area contributed by atoms with Crippen LogP contribution in [0, 0.1) is 0 Å². The fourth-order valence-corrected chi connectivity index (χ4v) is 4.28. The van der Waals surface area contributed by atoms with E-state index in [2.05, 4.69) is 6.92 Å². The molecule has 0 heterocycles. The summed E-state index contributed by atoms with van der Waals surface area (Å²) in [6.45, 7) is 2.17. The van der Waals surface area contributed by atoms with E-state index in [1.807, 2.05) is 0 Å². The molecule has 0 spiro atoms. The minimum absolute atomic E-state index is 0. The zero-order valence-electron chi connectivity index (χ0n) is 19.5. The minimum atomic E-state index is -4.01. The Bertz CT molecular complexity index is 415. The first-order chi connectivity index (χ1) is 13.5. The van der Waals surface area contributed by atoms with Crippen LogP contribution in [0.2, 0.25) is 0 Å². The van der Waals surface area contributed by atoms with Crippen LogP contribution in [0.25, 0.3) is 0 Å². The van der Waals surface area contributed by atoms with Crippen molar-refractivity contribution in [2.75, 3.05) is 5.75 Å². The molecule has 0 saturated carbocycles. The van der Waals surface area contributed by atoms with Crippen LogP contribution in [0.1, 0.15) is 135 Å². The zero-order valence-corrected chi connectivity index (χ0v) is 22.3. The van der Waals surface area contributed by atoms with Gasteiger partial charge >= 0.3 is 29.6 Å². The number of hydrogen-bond donors (Lipinski definition) is 1. The molecule has 0 aromatic heterocycles. The van der Waals surface area contributed by atoms with Gasteiger partial charge in [-0.2, -0.15) is 0 Å². The maximum Gasteiger partial charge on any atom is 1.00 e. The average Bonchev–Trinajstić information content (AvgIpc) is 2.64. The van der Waals surface area contributed by atoms with Crippen LogP contribution in [0.4, 0.5) is 0 Å². The monoisotopic (exact) mass is 442 g/mol. The molecule has 0 rings (SSSR count). The van der Waals surface area contributed by atoms with Gasteiger partial charge in [-0.1, -0.05) is 116 Å². The van der Waals surface area contributed by atoms with Crippen LogP contribution < -0.4 is 29.6 Å². The second kappa shape index (κ2) is 23.5. The predicted molar refractivity (Wildman–Crippen MR) is 119 cm³/mol. The molecule has 0 fully saturated rings. The Morgan fingerprint density at radius 2 is 0.931 bits per heavy atom. The van der Waals surface area contributed by atoms with E-state index in [4.69, 9.17) is 0 Å². The number of hydrogen-bond acceptors (Lipinski definition) is 4. The Balaban J connectivity index is 0. The van der Waals surface area contributed by atoms with E-state index in [1.165, 1.54) is 83.5 Å². The van der Waals surface area contributed by atoms with Gasteiger partial charge < -0.3 is 9.66 Å². The van der Waals surface area contributed by atoms with Crippen molar-refractivity contribution >= 4 is 10.1 Å². The van der Waals surface area contributed by atoms with E-state index < -0.39 is 10.1 Å². The molecule has 0 aromatic rings. The average molecular weight is 443 g/mol. The summed E-state index contributed by atoms with van der Waals surface area (Å²) >= 11 is 0. The summed E-state index contributed by atoms with van der Waals surface area (Å²) in [5.74, 6) is -0.199. The Labute approximate surface area is 204 Å². The van der Waals surface area contributed by atoms with Gasteiger partial charge in [-0.25, -0.2) is 8.42 Å². The molecule has 0 saturated heterocycles. The zero-order chi connectivity index (χ0) is 20.9. The largest absolute Gasteiger partial charge is 1.00 e. The fourth-order valence-electron chi connectivity index (χ4n) is 3.72. The second-order valence-corrected chi connectivity index (χ2v) is 10.0. The van der Waals surface area contributed by atoms with E-state index in [-0.39, 0.29) is 41.4 Å². The van der Waals surface area contributed by atoms with Gasteiger partial charge in [0.1, 0.15) is 0 Å². The normalized spacial score (nSPS) is 12.7. The van der Waals surface area contributed by atoms with Gasteiger partial charge in [0.05, 0.1) is 16.2 Å². The number of aliphatic hydroxyl groups is 1. The van der Waals surface area contributed by atoms with Crippen molar-refractivity contribution in [3.05, 3.63) is 0 Å². The van der Waals surface area contributed by atoms with Gasteiger partial charge in [0.25, 0.3) is 0 Å². The Morgan fingerprint density at radius 3 is 1.28 bits per heavy atom. The quantitative estimate of drug-likeness (QED) is 0.157. The van der Waals surface area contributed by atoms with Gasteiger partial charge in [0, 0.05) is 5.75 Å². The third-order valence-corrected chi connectivity index (χ3v) is 6.36. The SMILES string of the molecule is CCCCC(O)CCCCCCCCCCCCCCCCCCS(=O)(=O)[O-].[Na+]. The maximum absolute atomic E-state index is 10.5. The Hall–Kier alpha value is 0.870. The summed E-state index contributed by atoms with van der Waals surface area (Å²) in [4.78, 5) is 0. The summed E-state index contributed by atoms with van der Waals surface area (Å²) in [6.07, 6.45) is 23.5. The molecular weight excluding hydrogens is 395 g/mol. The third kappa shape index (κ3) is 28.9. The number of aliphatic hydroxyl groups excluding tert-OH is 1. The smallest absolute Gasteiger partial charge is 0.748 e. The first-order valence-electron chi connectivity index (χ1n) is 12.1. The molecule has 170 valence electrons. The van der Waals surface area contributed by atoms with Crippen LogP contribution in [-0.4, -0.2) is 29.9 Å². The molecule has 4 nitrogen and oxygen atoms in total. The molecule has 1 unspecified atom stereocenters. The molecular formula is C23H47NaO4S. The van der Waals surface area contributed by atoms with E-state index in [0.717, 1.165) is 38.5 Å². The molecule has 6 heteroatoms. The summed E-state index contributed by atoms with van der Waals surface area (Å²) in [5.41, 5.74) is 0. The molecule has 0 aliphatic rings. The molecule has 0 radical (unpaired) electrons. The summed E-state index contributed by atoms with van der Waals surface area (Å²) in [5, 5.41) is 9.80. The van der Waals surface area contributed by atoms with E-state index in [9.17, 15) is 18.1 Å². The molecule has 29 heavy (non-hydrogen) atoms. The standard InChI is InChI=1S/C23H48O4S.Na/c1-2-3-20-23(24)21-18-16-14-12-10-8-6-4-5-7-9-11-13-15-17-19-22-28(25,26)27;/h23-24H,2-22H2,1H3,(H,25,26,27);/q;+1/p-1. The molecule has 0 bridgehead atoms. The maximum atomic E-state index is 10.5. The first kappa shape index (κ1) is 32.1. The minimum Gasteiger partial charge on any atom is -0.748 e. The molecule has 0 aliphatic carbocycles. The van der Waals surface area contributed by atoms with Crippen molar-refractivity contribution in [2.24, 2.45) is 0 Å². The first-order valence-corrected chi connectivity index (χ1v) is 13.6. The second-order valence-electron chi connectivity index (χ2n) is 8.50. The van der Waals surface area contributed by atoms with Crippen molar-refractivity contribution in [1.82, 2.24) is 0 Å². The summed E-state index contributed by atoms with van der Waals surface area (Å²) < 4.78 is 31.4. The summed E-state index contributed by atoms with van der Waals surface area (Å²) in [7, 11) is -4.01. The van der Waals surface area contributed by atoms with Crippen LogP contribution in [0.5, 0.6) is 0 Å². The van der Waals surface area contributed by atoms with Crippen molar-refractivity contribution in [3.8, 4) is 0 Å². The topological polar surface area (TPSA) is 77.4 Å². The van der Waals surface area contributed by atoms with Gasteiger partial charge in [0.2, 0.25) is 0 Å². The van der Waals surface area contributed by atoms with Gasteiger partial charge in [-0.15, -0.1) is 0 Å². The number of rotatable bonds is 22. The van der Waals surface area contributed by atoms with Crippen LogP contribution in [0.15, 0.2) is 0 Å². The fraction of sp³-hybridized carbons (Fsp3) is 1.00. The molecule has 1 atom stereocenters. The van der Waals surface area contributed by atoms with Gasteiger partial charge in [-0.3, -0.25) is 0 Å².